The van der Waals surface area contributed by atoms with Crippen LogP contribution in [0.25, 0.3) is 0 Å². The van der Waals surface area contributed by atoms with Gasteiger partial charge in [-0.15, -0.1) is 0 Å². The molecule has 2 rings (SSSR count). The molecule has 0 saturated carbocycles. The van der Waals surface area contributed by atoms with E-state index in [1.165, 1.54) is 9.88 Å². The normalized spacial score (nSPS) is 25.5. The van der Waals surface area contributed by atoms with Crippen molar-refractivity contribution in [3.05, 3.63) is 41.5 Å². The summed E-state index contributed by atoms with van der Waals surface area (Å²) in [5.74, 6) is 0. The summed E-state index contributed by atoms with van der Waals surface area (Å²) < 4.78 is 27.5. The molecule has 5 heteroatoms. The van der Waals surface area contributed by atoms with Crippen LogP contribution in [-0.4, -0.2) is 36.0 Å². The minimum absolute atomic E-state index is 0.297. The van der Waals surface area contributed by atoms with Gasteiger partial charge in [-0.05, 0) is 59.1 Å². The van der Waals surface area contributed by atoms with Crippen LogP contribution in [0.15, 0.2) is 40.8 Å². The molecule has 1 saturated heterocycles. The zero-order valence-electron chi connectivity index (χ0n) is 14.4. The van der Waals surface area contributed by atoms with Gasteiger partial charge in [0, 0.05) is 6.54 Å². The zero-order chi connectivity index (χ0) is 17.3. The smallest absolute Gasteiger partial charge is 0.243 e. The van der Waals surface area contributed by atoms with Crippen LogP contribution in [0, 0.1) is 6.92 Å². The van der Waals surface area contributed by atoms with Crippen molar-refractivity contribution >= 4 is 10.0 Å². The number of aliphatic hydroxyl groups is 1. The van der Waals surface area contributed by atoms with Gasteiger partial charge in [0.05, 0.1) is 16.5 Å². The van der Waals surface area contributed by atoms with Crippen LogP contribution in [0.1, 0.15) is 45.6 Å². The maximum atomic E-state index is 13.0. The third-order valence-corrected chi connectivity index (χ3v) is 6.75. The van der Waals surface area contributed by atoms with Gasteiger partial charge < -0.3 is 5.11 Å². The van der Waals surface area contributed by atoms with Crippen LogP contribution < -0.4 is 0 Å². The van der Waals surface area contributed by atoms with Crippen molar-refractivity contribution in [1.82, 2.24) is 4.31 Å². The predicted molar refractivity (Wildman–Crippen MR) is 92.8 cm³/mol. The quantitative estimate of drug-likeness (QED) is 0.839. The first-order valence-electron chi connectivity index (χ1n) is 8.09. The highest BCUT2D eigenvalue weighted by Crippen LogP contribution is 2.38. The van der Waals surface area contributed by atoms with Gasteiger partial charge in [0.2, 0.25) is 10.0 Å². The maximum absolute atomic E-state index is 13.0. The van der Waals surface area contributed by atoms with Gasteiger partial charge in [0.15, 0.2) is 0 Å². The van der Waals surface area contributed by atoms with Crippen molar-refractivity contribution in [2.24, 2.45) is 0 Å². The second kappa shape index (κ2) is 6.75. The van der Waals surface area contributed by atoms with Crippen LogP contribution in [0.2, 0.25) is 0 Å². The van der Waals surface area contributed by atoms with E-state index in [0.29, 0.717) is 24.3 Å². The summed E-state index contributed by atoms with van der Waals surface area (Å²) in [5.41, 5.74) is 1.47. The van der Waals surface area contributed by atoms with Crippen LogP contribution in [0.4, 0.5) is 0 Å². The highest BCUT2D eigenvalue weighted by atomic mass is 32.2. The lowest BCUT2D eigenvalue weighted by Gasteiger charge is -2.36. The summed E-state index contributed by atoms with van der Waals surface area (Å²) in [6.07, 6.45) is 3.32. The molecule has 128 valence electrons. The van der Waals surface area contributed by atoms with Gasteiger partial charge in [-0.2, -0.15) is 4.31 Å². The Kier molecular flexibility index (Phi) is 5.33. The summed E-state index contributed by atoms with van der Waals surface area (Å²) >= 11 is 0. The molecular weight excluding hydrogens is 310 g/mol. The highest BCUT2D eigenvalue weighted by molar-refractivity contribution is 7.89. The van der Waals surface area contributed by atoms with E-state index >= 15 is 0 Å². The number of benzene rings is 1. The molecule has 1 N–H and O–H groups in total. The molecule has 0 aromatic heterocycles. The van der Waals surface area contributed by atoms with Crippen molar-refractivity contribution in [2.75, 3.05) is 6.54 Å². The number of sulfonamides is 1. The first kappa shape index (κ1) is 18.2. The highest BCUT2D eigenvalue weighted by Gasteiger charge is 2.49. The Morgan fingerprint density at radius 1 is 1.35 bits per heavy atom. The maximum Gasteiger partial charge on any atom is 0.243 e. The molecule has 0 aliphatic carbocycles. The molecule has 0 radical (unpaired) electrons. The molecule has 23 heavy (non-hydrogen) atoms. The SMILES string of the molecule is CC(C)=CCC[C@@]1(C)[C@H](O)CCN1S(=O)(=O)c1ccc(C)cc1. The van der Waals surface area contributed by atoms with Gasteiger partial charge in [-0.3, -0.25) is 0 Å². The monoisotopic (exact) mass is 337 g/mol. The average Bonchev–Trinajstić information content (AvgIpc) is 2.75. The number of hydrogen-bond donors (Lipinski definition) is 1. The van der Waals surface area contributed by atoms with Gasteiger partial charge in [-0.1, -0.05) is 29.3 Å². The van der Waals surface area contributed by atoms with E-state index < -0.39 is 21.7 Å². The van der Waals surface area contributed by atoms with Crippen molar-refractivity contribution in [3.8, 4) is 0 Å². The lowest BCUT2D eigenvalue weighted by molar-refractivity contribution is 0.0714. The van der Waals surface area contributed by atoms with E-state index in [0.717, 1.165) is 12.0 Å². The van der Waals surface area contributed by atoms with E-state index in [9.17, 15) is 13.5 Å². The number of aryl methyl sites for hydroxylation is 1. The predicted octanol–water partition coefficient (Wildman–Crippen LogP) is 3.26. The van der Waals surface area contributed by atoms with E-state index in [1.807, 2.05) is 27.7 Å². The van der Waals surface area contributed by atoms with Gasteiger partial charge in [0.25, 0.3) is 0 Å². The molecule has 0 unspecified atom stereocenters. The van der Waals surface area contributed by atoms with Crippen LogP contribution in [0.3, 0.4) is 0 Å². The van der Waals surface area contributed by atoms with E-state index in [-0.39, 0.29) is 0 Å². The number of hydrogen-bond acceptors (Lipinski definition) is 3. The fraction of sp³-hybridized carbons (Fsp3) is 0.556. The summed E-state index contributed by atoms with van der Waals surface area (Å²) in [5, 5.41) is 10.4. The molecular formula is C18H27NO3S. The minimum atomic E-state index is -3.59. The van der Waals surface area contributed by atoms with Crippen LogP contribution in [0.5, 0.6) is 0 Å². The molecule has 1 fully saturated rings. The fourth-order valence-electron chi connectivity index (χ4n) is 3.15. The Bertz CT molecular complexity index is 675. The number of aliphatic hydroxyl groups excluding tert-OH is 1. The molecule has 1 heterocycles. The lowest BCUT2D eigenvalue weighted by atomic mass is 9.91. The molecule has 4 nitrogen and oxygen atoms in total. The molecule has 1 aliphatic rings. The van der Waals surface area contributed by atoms with Gasteiger partial charge in [0.1, 0.15) is 0 Å². The lowest BCUT2D eigenvalue weighted by Crippen LogP contribution is -2.50. The zero-order valence-corrected chi connectivity index (χ0v) is 15.2. The van der Waals surface area contributed by atoms with Crippen molar-refractivity contribution in [1.29, 1.82) is 0 Å². The Morgan fingerprint density at radius 3 is 2.52 bits per heavy atom. The molecule has 0 bridgehead atoms. The summed E-state index contributed by atoms with van der Waals surface area (Å²) in [4.78, 5) is 0.297. The van der Waals surface area contributed by atoms with Gasteiger partial charge in [-0.25, -0.2) is 8.42 Å². The van der Waals surface area contributed by atoms with Crippen molar-refractivity contribution < 1.29 is 13.5 Å². The van der Waals surface area contributed by atoms with E-state index in [2.05, 4.69) is 6.08 Å². The number of nitrogens with zero attached hydrogens (tertiary/aromatic N) is 1. The third-order valence-electron chi connectivity index (χ3n) is 4.71. The first-order valence-corrected chi connectivity index (χ1v) is 9.53. The molecule has 0 amide bonds. The Labute approximate surface area is 139 Å². The summed E-state index contributed by atoms with van der Waals surface area (Å²) in [6.45, 7) is 8.19. The van der Waals surface area contributed by atoms with E-state index in [1.54, 1.807) is 24.3 Å². The Balaban J connectivity index is 2.32. The van der Waals surface area contributed by atoms with Crippen molar-refractivity contribution in [3.63, 3.8) is 0 Å². The first-order chi connectivity index (χ1) is 10.7. The van der Waals surface area contributed by atoms with Crippen LogP contribution in [-0.2, 0) is 10.0 Å². The molecule has 0 spiro atoms. The number of allylic oxidation sites excluding steroid dienone is 2. The second-order valence-electron chi connectivity index (χ2n) is 6.87. The number of rotatable bonds is 5. The fourth-order valence-corrected chi connectivity index (χ4v) is 4.99. The summed E-state index contributed by atoms with van der Waals surface area (Å²) in [6, 6.07) is 6.90. The van der Waals surface area contributed by atoms with Crippen LogP contribution >= 0.6 is 0 Å². The largest absolute Gasteiger partial charge is 0.391 e. The topological polar surface area (TPSA) is 57.6 Å². The second-order valence-corrected chi connectivity index (χ2v) is 8.73. The standard InChI is InChI=1S/C18H27NO3S/c1-14(2)6-5-12-18(4)17(20)11-13-19(18)23(21,22)16-9-7-15(3)8-10-16/h6-10,17,20H,5,11-13H2,1-4H3/t17-,18+/m1/s1. The molecule has 1 aromatic rings. The molecule has 2 atom stereocenters. The Hall–Kier alpha value is -1.17. The molecule has 1 aromatic carbocycles. The third kappa shape index (κ3) is 3.67. The minimum Gasteiger partial charge on any atom is -0.391 e. The van der Waals surface area contributed by atoms with E-state index in [4.69, 9.17) is 0 Å². The Morgan fingerprint density at radius 2 is 1.96 bits per heavy atom. The molecule has 1 aliphatic heterocycles. The van der Waals surface area contributed by atoms with Crippen molar-refractivity contribution in [2.45, 2.75) is 63.5 Å². The van der Waals surface area contributed by atoms with Gasteiger partial charge >= 0.3 is 0 Å². The average molecular weight is 337 g/mol. The summed E-state index contributed by atoms with van der Waals surface area (Å²) in [7, 11) is -3.59.